The van der Waals surface area contributed by atoms with Gasteiger partial charge >= 0.3 is 5.97 Å². The maximum Gasteiger partial charge on any atom is 0.341 e. The van der Waals surface area contributed by atoms with E-state index in [1.54, 1.807) is 6.07 Å². The van der Waals surface area contributed by atoms with E-state index in [2.05, 4.69) is 9.72 Å². The number of nitrogens with one attached hydrogen (secondary N) is 1. The van der Waals surface area contributed by atoms with E-state index in [9.17, 15) is 14.7 Å². The molecule has 1 aromatic heterocycles. The fraction of sp³-hybridized carbons (Fsp3) is 0.200. The Hall–Kier alpha value is -2.76. The van der Waals surface area contributed by atoms with Gasteiger partial charge in [0.2, 0.25) is 5.56 Å². The Balaban J connectivity index is 2.09. The highest BCUT2D eigenvalue weighted by atomic mass is 16.5. The van der Waals surface area contributed by atoms with Crippen molar-refractivity contribution in [3.8, 4) is 17.2 Å². The van der Waals surface area contributed by atoms with Crippen molar-refractivity contribution in [3.05, 3.63) is 51.4 Å². The highest BCUT2D eigenvalue weighted by Crippen LogP contribution is 2.36. The molecule has 21 heavy (non-hydrogen) atoms. The average molecular weight is 287 g/mol. The molecule has 0 saturated heterocycles. The molecule has 0 amide bonds. The van der Waals surface area contributed by atoms with Crippen molar-refractivity contribution >= 4 is 5.97 Å². The lowest BCUT2D eigenvalue weighted by Gasteiger charge is -2.11. The van der Waals surface area contributed by atoms with Crippen LogP contribution in [0.2, 0.25) is 0 Å². The molecule has 3 rings (SSSR count). The van der Waals surface area contributed by atoms with E-state index in [0.717, 1.165) is 5.56 Å². The molecule has 108 valence electrons. The number of phenolic OH excluding ortho intramolecular Hbond substituents is 1. The van der Waals surface area contributed by atoms with Crippen LogP contribution in [0, 0.1) is 0 Å². The number of carbonyl (C=O) groups is 1. The molecule has 2 heterocycles. The molecule has 6 nitrogen and oxygen atoms in total. The molecule has 0 radical (unpaired) electrons. The van der Waals surface area contributed by atoms with E-state index in [4.69, 9.17) is 4.74 Å². The largest absolute Gasteiger partial charge is 0.507 e. The number of phenols is 1. The van der Waals surface area contributed by atoms with Gasteiger partial charge in [0.05, 0.1) is 12.8 Å². The lowest BCUT2D eigenvalue weighted by Crippen LogP contribution is -2.07. The molecule has 2 N–H and O–H groups in total. The van der Waals surface area contributed by atoms with E-state index < -0.39 is 5.97 Å². The molecule has 0 saturated carbocycles. The van der Waals surface area contributed by atoms with E-state index in [1.807, 2.05) is 0 Å². The van der Waals surface area contributed by atoms with Gasteiger partial charge in [-0.05, 0) is 36.6 Å². The number of aromatic nitrogens is 1. The van der Waals surface area contributed by atoms with E-state index in [1.165, 1.54) is 25.3 Å². The summed E-state index contributed by atoms with van der Waals surface area (Å²) >= 11 is 0. The highest BCUT2D eigenvalue weighted by Gasteiger charge is 2.20. The molecule has 0 fully saturated rings. The van der Waals surface area contributed by atoms with Crippen molar-refractivity contribution in [2.24, 2.45) is 0 Å². The van der Waals surface area contributed by atoms with Gasteiger partial charge in [0, 0.05) is 6.07 Å². The number of carbonyl (C=O) groups excluding carboxylic acids is 1. The Morgan fingerprint density at radius 3 is 2.86 bits per heavy atom. The number of hydrogen-bond acceptors (Lipinski definition) is 5. The predicted molar refractivity (Wildman–Crippen MR) is 74.0 cm³/mol. The molecule has 0 bridgehead atoms. The summed E-state index contributed by atoms with van der Waals surface area (Å²) in [7, 11) is 1.24. The fourth-order valence-electron chi connectivity index (χ4n) is 2.34. The van der Waals surface area contributed by atoms with Gasteiger partial charge in [0.15, 0.2) is 0 Å². The Morgan fingerprint density at radius 2 is 2.10 bits per heavy atom. The average Bonchev–Trinajstić information content (AvgIpc) is 2.64. The third-order valence-corrected chi connectivity index (χ3v) is 3.41. The topological polar surface area (TPSA) is 88.6 Å². The number of aromatic amines is 1. The number of benzene rings is 1. The summed E-state index contributed by atoms with van der Waals surface area (Å²) in [5.74, 6) is 0.224. The third kappa shape index (κ3) is 2.35. The zero-order chi connectivity index (χ0) is 15.0. The maximum absolute atomic E-state index is 11.6. The van der Waals surface area contributed by atoms with Crippen LogP contribution in [0.25, 0.3) is 0 Å². The van der Waals surface area contributed by atoms with Crippen molar-refractivity contribution in [2.75, 3.05) is 7.11 Å². The van der Waals surface area contributed by atoms with Gasteiger partial charge in [-0.2, -0.15) is 0 Å². The monoisotopic (exact) mass is 287 g/mol. The SMILES string of the molecule is COC(=O)c1cc2c(cc1O)CCc1[nH]c(=O)ccc1O2. The predicted octanol–water partition coefficient (Wildman–Crippen LogP) is 1.76. The Morgan fingerprint density at radius 1 is 1.29 bits per heavy atom. The summed E-state index contributed by atoms with van der Waals surface area (Å²) in [5.41, 5.74) is 1.31. The normalized spacial score (nSPS) is 12.6. The molecule has 1 aliphatic rings. The molecular weight excluding hydrogens is 274 g/mol. The van der Waals surface area contributed by atoms with Crippen LogP contribution in [0.15, 0.2) is 29.1 Å². The molecule has 6 heteroatoms. The number of rotatable bonds is 1. The molecule has 2 aromatic rings. The van der Waals surface area contributed by atoms with Crippen molar-refractivity contribution in [1.82, 2.24) is 4.98 Å². The quantitative estimate of drug-likeness (QED) is 0.780. The number of fused-ring (bicyclic) bond motifs is 2. The lowest BCUT2D eigenvalue weighted by atomic mass is 10.0. The number of pyridine rings is 1. The fourth-order valence-corrected chi connectivity index (χ4v) is 2.34. The summed E-state index contributed by atoms with van der Waals surface area (Å²) < 4.78 is 10.4. The minimum Gasteiger partial charge on any atom is -0.507 e. The molecule has 0 atom stereocenters. The summed E-state index contributed by atoms with van der Waals surface area (Å²) in [6.45, 7) is 0. The van der Waals surface area contributed by atoms with Gasteiger partial charge in [-0.25, -0.2) is 4.79 Å². The first kappa shape index (κ1) is 13.2. The molecular formula is C15H13NO5. The number of aryl methyl sites for hydroxylation is 2. The number of H-pyrrole nitrogens is 1. The van der Waals surface area contributed by atoms with Crippen LogP contribution >= 0.6 is 0 Å². The van der Waals surface area contributed by atoms with Crippen LogP contribution in [-0.2, 0) is 17.6 Å². The zero-order valence-corrected chi connectivity index (χ0v) is 11.3. The van der Waals surface area contributed by atoms with Crippen LogP contribution in [0.1, 0.15) is 21.6 Å². The zero-order valence-electron chi connectivity index (χ0n) is 11.3. The van der Waals surface area contributed by atoms with Gasteiger partial charge in [-0.3, -0.25) is 4.79 Å². The van der Waals surface area contributed by atoms with Crippen molar-refractivity contribution in [2.45, 2.75) is 12.8 Å². The smallest absolute Gasteiger partial charge is 0.341 e. The van der Waals surface area contributed by atoms with Gasteiger partial charge < -0.3 is 19.6 Å². The summed E-state index contributed by atoms with van der Waals surface area (Å²) in [4.78, 5) is 25.7. The van der Waals surface area contributed by atoms with E-state index in [-0.39, 0.29) is 16.9 Å². The Bertz CT molecular complexity index is 778. The molecule has 0 unspecified atom stereocenters. The molecule has 0 spiro atoms. The van der Waals surface area contributed by atoms with Crippen molar-refractivity contribution in [3.63, 3.8) is 0 Å². The minimum absolute atomic E-state index is 0.0455. The number of ether oxygens (including phenoxy) is 2. The third-order valence-electron chi connectivity index (χ3n) is 3.41. The summed E-state index contributed by atoms with van der Waals surface area (Å²) in [6, 6.07) is 5.92. The Labute approximate surface area is 120 Å². The number of esters is 1. The number of methoxy groups -OCH3 is 1. The molecule has 1 aliphatic heterocycles. The standard InChI is InChI=1S/C15H13NO5/c1-20-15(19)9-7-13-8(6-11(9)17)2-3-10-12(21-13)4-5-14(18)16-10/h4-7,17H,2-3H2,1H3,(H,16,18). The van der Waals surface area contributed by atoms with E-state index >= 15 is 0 Å². The van der Waals surface area contributed by atoms with Crippen LogP contribution in [0.4, 0.5) is 0 Å². The first-order valence-electron chi connectivity index (χ1n) is 6.42. The number of hydrogen-bond donors (Lipinski definition) is 2. The molecule has 1 aromatic carbocycles. The second-order valence-electron chi connectivity index (χ2n) is 4.74. The van der Waals surface area contributed by atoms with Gasteiger partial charge in [-0.15, -0.1) is 0 Å². The van der Waals surface area contributed by atoms with Crippen LogP contribution in [-0.4, -0.2) is 23.2 Å². The van der Waals surface area contributed by atoms with Crippen LogP contribution < -0.4 is 10.3 Å². The van der Waals surface area contributed by atoms with Crippen LogP contribution in [0.5, 0.6) is 17.2 Å². The minimum atomic E-state index is -0.634. The van der Waals surface area contributed by atoms with Gasteiger partial charge in [-0.1, -0.05) is 0 Å². The highest BCUT2D eigenvalue weighted by molar-refractivity contribution is 5.93. The van der Waals surface area contributed by atoms with Gasteiger partial charge in [0.1, 0.15) is 22.8 Å². The van der Waals surface area contributed by atoms with Gasteiger partial charge in [0.25, 0.3) is 0 Å². The van der Waals surface area contributed by atoms with E-state index in [0.29, 0.717) is 30.0 Å². The summed E-state index contributed by atoms with van der Waals surface area (Å²) in [6.07, 6.45) is 1.16. The lowest BCUT2D eigenvalue weighted by molar-refractivity contribution is 0.0597. The molecule has 0 aliphatic carbocycles. The first-order valence-corrected chi connectivity index (χ1v) is 6.42. The second kappa shape index (κ2) is 4.97. The second-order valence-corrected chi connectivity index (χ2v) is 4.74. The van der Waals surface area contributed by atoms with Crippen molar-refractivity contribution < 1.29 is 19.4 Å². The first-order chi connectivity index (χ1) is 10.1. The maximum atomic E-state index is 11.6. The van der Waals surface area contributed by atoms with Crippen LogP contribution in [0.3, 0.4) is 0 Å². The number of aromatic hydroxyl groups is 1. The Kier molecular flexibility index (Phi) is 3.13. The summed E-state index contributed by atoms with van der Waals surface area (Å²) in [5, 5.41) is 9.91. The van der Waals surface area contributed by atoms with Crippen molar-refractivity contribution in [1.29, 1.82) is 0 Å².